The second-order valence-corrected chi connectivity index (χ2v) is 5.69. The normalized spacial score (nSPS) is 25.8. The van der Waals surface area contributed by atoms with Crippen molar-refractivity contribution in [1.82, 2.24) is 10.2 Å². The van der Waals surface area contributed by atoms with Gasteiger partial charge in [-0.3, -0.25) is 4.90 Å². The smallest absolute Gasteiger partial charge is 0.329 e. The van der Waals surface area contributed by atoms with Crippen molar-refractivity contribution in [2.75, 3.05) is 19.6 Å². The lowest BCUT2D eigenvalue weighted by Crippen LogP contribution is -2.58. The molecule has 0 amide bonds. The molecule has 1 heterocycles. The lowest BCUT2D eigenvalue weighted by atomic mass is 10.00. The van der Waals surface area contributed by atoms with Crippen molar-refractivity contribution in [2.45, 2.75) is 38.1 Å². The molecule has 0 aromatic heterocycles. The molecule has 21 heavy (non-hydrogen) atoms. The molecule has 1 aromatic carbocycles. The van der Waals surface area contributed by atoms with E-state index in [1.807, 2.05) is 6.92 Å². The third kappa shape index (κ3) is 3.75. The number of alkyl halides is 3. The van der Waals surface area contributed by atoms with Gasteiger partial charge >= 0.3 is 6.18 Å². The minimum Gasteiger partial charge on any atom is -0.329 e. The number of halogens is 3. The molecule has 1 aromatic rings. The average molecular weight is 301 g/mol. The van der Waals surface area contributed by atoms with Gasteiger partial charge in [0, 0.05) is 37.8 Å². The van der Waals surface area contributed by atoms with Crippen molar-refractivity contribution >= 4 is 0 Å². The molecule has 1 aliphatic heterocycles. The Bertz CT molecular complexity index is 458. The Morgan fingerprint density at radius 3 is 2.48 bits per heavy atom. The number of hydrogen-bond acceptors (Lipinski definition) is 3. The highest BCUT2D eigenvalue weighted by Crippen LogP contribution is 2.31. The Morgan fingerprint density at radius 2 is 1.95 bits per heavy atom. The second kappa shape index (κ2) is 6.34. The molecule has 1 fully saturated rings. The van der Waals surface area contributed by atoms with Crippen molar-refractivity contribution in [1.29, 1.82) is 0 Å². The number of nitrogens with zero attached hydrogens (tertiary/aromatic N) is 1. The molecular formula is C15H22F3N3. The highest BCUT2D eigenvalue weighted by molar-refractivity contribution is 5.26. The standard InChI is InChI=1S/C15H22F3N3/c1-10-9-21(14(7-19)8-20-10)11(2)12-3-5-13(6-4-12)15(16,17)18/h3-6,10-11,14,20H,7-9,19H2,1-2H3/t10?,11?,14-/m1/s1. The van der Waals surface area contributed by atoms with Crippen molar-refractivity contribution in [3.05, 3.63) is 35.4 Å². The van der Waals surface area contributed by atoms with E-state index in [4.69, 9.17) is 5.73 Å². The first-order valence-corrected chi connectivity index (χ1v) is 7.19. The molecule has 3 atom stereocenters. The SMILES string of the molecule is CC1CN(C(C)c2ccc(C(F)(F)F)cc2)[C@H](CN)CN1. The van der Waals surface area contributed by atoms with Crippen molar-refractivity contribution in [2.24, 2.45) is 5.73 Å². The molecule has 0 saturated carbocycles. The largest absolute Gasteiger partial charge is 0.416 e. The third-order valence-corrected chi connectivity index (χ3v) is 4.15. The van der Waals surface area contributed by atoms with Crippen LogP contribution in [0.15, 0.2) is 24.3 Å². The van der Waals surface area contributed by atoms with Crippen LogP contribution in [0, 0.1) is 0 Å². The van der Waals surface area contributed by atoms with Crippen molar-refractivity contribution in [3.63, 3.8) is 0 Å². The van der Waals surface area contributed by atoms with Gasteiger partial charge in [0.1, 0.15) is 0 Å². The van der Waals surface area contributed by atoms with E-state index >= 15 is 0 Å². The van der Waals surface area contributed by atoms with Crippen LogP contribution in [-0.2, 0) is 6.18 Å². The highest BCUT2D eigenvalue weighted by Gasteiger charge is 2.32. The zero-order chi connectivity index (χ0) is 15.6. The molecule has 118 valence electrons. The fraction of sp³-hybridized carbons (Fsp3) is 0.600. The van der Waals surface area contributed by atoms with Crippen LogP contribution in [0.4, 0.5) is 13.2 Å². The summed E-state index contributed by atoms with van der Waals surface area (Å²) in [5, 5.41) is 3.38. The average Bonchev–Trinajstić information content (AvgIpc) is 2.45. The van der Waals surface area contributed by atoms with E-state index in [0.717, 1.165) is 30.8 Å². The first kappa shape index (κ1) is 16.3. The summed E-state index contributed by atoms with van der Waals surface area (Å²) in [5.74, 6) is 0. The van der Waals surface area contributed by atoms with Gasteiger partial charge in [0.05, 0.1) is 5.56 Å². The van der Waals surface area contributed by atoms with E-state index in [0.29, 0.717) is 12.6 Å². The summed E-state index contributed by atoms with van der Waals surface area (Å²) in [6.45, 7) is 6.29. The maximum absolute atomic E-state index is 12.6. The number of piperazine rings is 1. The molecule has 2 unspecified atom stereocenters. The summed E-state index contributed by atoms with van der Waals surface area (Å²) in [7, 11) is 0. The summed E-state index contributed by atoms with van der Waals surface area (Å²) in [4.78, 5) is 2.27. The molecule has 0 aliphatic carbocycles. The zero-order valence-electron chi connectivity index (χ0n) is 12.3. The van der Waals surface area contributed by atoms with Gasteiger partial charge in [-0.2, -0.15) is 13.2 Å². The molecule has 0 bridgehead atoms. The van der Waals surface area contributed by atoms with Crippen LogP contribution >= 0.6 is 0 Å². The highest BCUT2D eigenvalue weighted by atomic mass is 19.4. The van der Waals surface area contributed by atoms with Gasteiger partial charge in [-0.1, -0.05) is 12.1 Å². The van der Waals surface area contributed by atoms with Gasteiger partial charge in [0.15, 0.2) is 0 Å². The minimum atomic E-state index is -4.29. The number of rotatable bonds is 3. The van der Waals surface area contributed by atoms with Crippen LogP contribution in [0.5, 0.6) is 0 Å². The summed E-state index contributed by atoms with van der Waals surface area (Å²) in [6.07, 6.45) is -4.29. The van der Waals surface area contributed by atoms with Crippen LogP contribution in [0.2, 0.25) is 0 Å². The molecule has 3 N–H and O–H groups in total. The summed E-state index contributed by atoms with van der Waals surface area (Å²) in [6, 6.07) is 6.03. The summed E-state index contributed by atoms with van der Waals surface area (Å²) in [5.41, 5.74) is 6.08. The van der Waals surface area contributed by atoms with Gasteiger partial charge < -0.3 is 11.1 Å². The van der Waals surface area contributed by atoms with E-state index in [1.165, 1.54) is 0 Å². The van der Waals surface area contributed by atoms with Crippen molar-refractivity contribution < 1.29 is 13.2 Å². The summed E-state index contributed by atoms with van der Waals surface area (Å²) >= 11 is 0. The molecule has 0 radical (unpaired) electrons. The minimum absolute atomic E-state index is 0.0467. The van der Waals surface area contributed by atoms with Crippen LogP contribution in [0.1, 0.15) is 31.0 Å². The maximum atomic E-state index is 12.6. The first-order chi connectivity index (χ1) is 9.82. The number of benzene rings is 1. The Kier molecular flexibility index (Phi) is 4.91. The fourth-order valence-corrected chi connectivity index (χ4v) is 2.82. The number of nitrogens with two attached hydrogens (primary N) is 1. The quantitative estimate of drug-likeness (QED) is 0.901. The predicted octanol–water partition coefficient (Wildman–Crippen LogP) is 2.39. The molecular weight excluding hydrogens is 279 g/mol. The van der Waals surface area contributed by atoms with E-state index in [1.54, 1.807) is 12.1 Å². The van der Waals surface area contributed by atoms with Crippen LogP contribution < -0.4 is 11.1 Å². The molecule has 0 spiro atoms. The van der Waals surface area contributed by atoms with Gasteiger partial charge in [0.25, 0.3) is 0 Å². The van der Waals surface area contributed by atoms with Crippen LogP contribution in [-0.4, -0.2) is 36.6 Å². The molecule has 3 nitrogen and oxygen atoms in total. The van der Waals surface area contributed by atoms with Gasteiger partial charge in [-0.25, -0.2) is 0 Å². The monoisotopic (exact) mass is 301 g/mol. The van der Waals surface area contributed by atoms with Gasteiger partial charge in [-0.15, -0.1) is 0 Å². The molecule has 1 aliphatic rings. The maximum Gasteiger partial charge on any atom is 0.416 e. The lowest BCUT2D eigenvalue weighted by molar-refractivity contribution is -0.137. The summed E-state index contributed by atoms with van der Waals surface area (Å²) < 4.78 is 37.8. The fourth-order valence-electron chi connectivity index (χ4n) is 2.82. The van der Waals surface area contributed by atoms with E-state index in [-0.39, 0.29) is 12.1 Å². The first-order valence-electron chi connectivity index (χ1n) is 7.19. The number of nitrogens with one attached hydrogen (secondary N) is 1. The van der Waals surface area contributed by atoms with Crippen LogP contribution in [0.25, 0.3) is 0 Å². The Balaban J connectivity index is 2.16. The molecule has 1 saturated heterocycles. The van der Waals surface area contributed by atoms with Gasteiger partial charge in [0.2, 0.25) is 0 Å². The zero-order valence-corrected chi connectivity index (χ0v) is 12.3. The van der Waals surface area contributed by atoms with E-state index in [2.05, 4.69) is 17.1 Å². The van der Waals surface area contributed by atoms with E-state index in [9.17, 15) is 13.2 Å². The van der Waals surface area contributed by atoms with Gasteiger partial charge in [-0.05, 0) is 31.5 Å². The second-order valence-electron chi connectivity index (χ2n) is 5.69. The molecule has 2 rings (SSSR count). The lowest BCUT2D eigenvalue weighted by Gasteiger charge is -2.42. The Labute approximate surface area is 123 Å². The Morgan fingerprint density at radius 1 is 1.33 bits per heavy atom. The third-order valence-electron chi connectivity index (χ3n) is 4.15. The van der Waals surface area contributed by atoms with Crippen LogP contribution in [0.3, 0.4) is 0 Å². The van der Waals surface area contributed by atoms with Crippen molar-refractivity contribution in [3.8, 4) is 0 Å². The number of hydrogen-bond donors (Lipinski definition) is 2. The predicted molar refractivity (Wildman–Crippen MR) is 76.9 cm³/mol. The van der Waals surface area contributed by atoms with E-state index < -0.39 is 11.7 Å². The molecule has 6 heteroatoms. The Hall–Kier alpha value is -1.11. The topological polar surface area (TPSA) is 41.3 Å².